The third kappa shape index (κ3) is 4.06. The normalized spacial score (nSPS) is 15.0. The summed E-state index contributed by atoms with van der Waals surface area (Å²) >= 11 is 1.02. The molecule has 1 aliphatic rings. The second-order valence-electron chi connectivity index (χ2n) is 5.36. The molecule has 0 saturated carbocycles. The van der Waals surface area contributed by atoms with E-state index in [4.69, 9.17) is 9.15 Å². The first-order valence-corrected chi connectivity index (χ1v) is 8.42. The van der Waals surface area contributed by atoms with E-state index in [1.165, 1.54) is 38.3 Å². The van der Waals surface area contributed by atoms with Gasteiger partial charge in [0.05, 0.1) is 22.5 Å². The summed E-state index contributed by atoms with van der Waals surface area (Å²) in [7, 11) is 1.45. The van der Waals surface area contributed by atoms with Gasteiger partial charge in [-0.3, -0.25) is 19.7 Å². The zero-order chi connectivity index (χ0) is 19.6. The number of aliphatic imine (C=N–C) groups is 1. The van der Waals surface area contributed by atoms with Crippen molar-refractivity contribution in [2.24, 2.45) is 4.99 Å². The maximum absolute atomic E-state index is 11.9. The molecule has 1 aromatic carbocycles. The van der Waals surface area contributed by atoms with Crippen LogP contribution in [-0.4, -0.2) is 29.0 Å². The molecule has 1 aliphatic heterocycles. The highest BCUT2D eigenvalue weighted by Gasteiger charge is 2.23. The Morgan fingerprint density at radius 2 is 2.15 bits per heavy atom. The zero-order valence-corrected chi connectivity index (χ0v) is 15.0. The fourth-order valence-corrected chi connectivity index (χ4v) is 3.16. The van der Waals surface area contributed by atoms with Crippen molar-refractivity contribution in [3.63, 3.8) is 0 Å². The van der Waals surface area contributed by atoms with Crippen LogP contribution in [0.2, 0.25) is 0 Å². The lowest BCUT2D eigenvalue weighted by Crippen LogP contribution is -2.23. The number of nitrogens with one attached hydrogen (secondary N) is 1. The van der Waals surface area contributed by atoms with Gasteiger partial charge in [0.2, 0.25) is 5.91 Å². The number of ether oxygens (including phenoxy) is 1. The van der Waals surface area contributed by atoms with Crippen molar-refractivity contribution in [1.29, 1.82) is 0 Å². The first-order valence-electron chi connectivity index (χ1n) is 7.60. The molecule has 1 N–H and O–H groups in total. The molecule has 0 unspecified atom stereocenters. The maximum Gasteiger partial charge on any atom is 0.286 e. The third-order valence-electron chi connectivity index (χ3n) is 3.46. The molecule has 1 aromatic heterocycles. The van der Waals surface area contributed by atoms with Crippen LogP contribution in [0.3, 0.4) is 0 Å². The smallest absolute Gasteiger partial charge is 0.286 e. The van der Waals surface area contributed by atoms with E-state index in [1.54, 1.807) is 12.1 Å². The van der Waals surface area contributed by atoms with E-state index in [-0.39, 0.29) is 21.7 Å². The van der Waals surface area contributed by atoms with Crippen LogP contribution >= 0.6 is 11.8 Å². The molecule has 10 heteroatoms. The summed E-state index contributed by atoms with van der Waals surface area (Å²) in [6.07, 6.45) is 1.48. The SMILES string of the molecule is COc1ccc([N+](=O)[O-])cc1-c1ccc(C=C2SC(NC(C)=O)=NC2=O)o1. The van der Waals surface area contributed by atoms with E-state index in [2.05, 4.69) is 10.3 Å². The summed E-state index contributed by atoms with van der Waals surface area (Å²) in [6, 6.07) is 7.40. The summed E-state index contributed by atoms with van der Waals surface area (Å²) in [5, 5.41) is 13.7. The topological polar surface area (TPSA) is 124 Å². The fraction of sp³-hybridized carbons (Fsp3) is 0.118. The zero-order valence-electron chi connectivity index (χ0n) is 14.2. The van der Waals surface area contributed by atoms with E-state index < -0.39 is 10.8 Å². The average molecular weight is 387 g/mol. The molecule has 0 atom stereocenters. The first kappa shape index (κ1) is 18.4. The van der Waals surface area contributed by atoms with Gasteiger partial charge in [-0.2, -0.15) is 4.99 Å². The summed E-state index contributed by atoms with van der Waals surface area (Å²) in [6.45, 7) is 1.32. The molecule has 2 heterocycles. The molecule has 9 nitrogen and oxygen atoms in total. The Morgan fingerprint density at radius 3 is 2.81 bits per heavy atom. The van der Waals surface area contributed by atoms with E-state index in [1.807, 2.05) is 0 Å². The summed E-state index contributed by atoms with van der Waals surface area (Å²) in [5.74, 6) is 0.300. The Kier molecular flexibility index (Phi) is 5.08. The number of hydrogen-bond donors (Lipinski definition) is 1. The Bertz CT molecular complexity index is 1010. The summed E-state index contributed by atoms with van der Waals surface area (Å²) in [4.78, 5) is 37.5. The number of nitro groups is 1. The molecule has 0 aliphatic carbocycles. The third-order valence-corrected chi connectivity index (χ3v) is 4.36. The molecule has 0 radical (unpaired) electrons. The number of nitro benzene ring substituents is 1. The van der Waals surface area contributed by atoms with Gasteiger partial charge in [0.1, 0.15) is 17.3 Å². The van der Waals surface area contributed by atoms with Crippen LogP contribution in [0.25, 0.3) is 17.4 Å². The van der Waals surface area contributed by atoms with Crippen molar-refractivity contribution in [3.05, 3.63) is 51.1 Å². The first-order chi connectivity index (χ1) is 12.9. The van der Waals surface area contributed by atoms with E-state index >= 15 is 0 Å². The number of benzene rings is 1. The second-order valence-corrected chi connectivity index (χ2v) is 6.39. The van der Waals surface area contributed by atoms with Gasteiger partial charge >= 0.3 is 0 Å². The lowest BCUT2D eigenvalue weighted by atomic mass is 10.1. The van der Waals surface area contributed by atoms with Crippen molar-refractivity contribution in [3.8, 4) is 17.1 Å². The Morgan fingerprint density at radius 1 is 1.37 bits per heavy atom. The monoisotopic (exact) mass is 387 g/mol. The van der Waals surface area contributed by atoms with Crippen LogP contribution < -0.4 is 10.1 Å². The van der Waals surface area contributed by atoms with Gasteiger partial charge in [-0.25, -0.2) is 0 Å². The van der Waals surface area contributed by atoms with Gasteiger partial charge < -0.3 is 14.5 Å². The molecule has 0 spiro atoms. The predicted molar refractivity (Wildman–Crippen MR) is 99.2 cm³/mol. The van der Waals surface area contributed by atoms with Crippen LogP contribution in [0.5, 0.6) is 5.75 Å². The Labute approximate surface area is 157 Å². The van der Waals surface area contributed by atoms with Crippen molar-refractivity contribution < 1.29 is 23.7 Å². The van der Waals surface area contributed by atoms with Gasteiger partial charge in [0, 0.05) is 25.1 Å². The number of non-ortho nitro benzene ring substituents is 1. The standard InChI is InChI=1S/C17H13N3O6S/c1-9(21)18-17-19-16(22)15(27-17)8-11-4-6-14(26-11)12-7-10(20(23)24)3-5-13(12)25-2/h3-8H,1-2H3,(H,18,19,21,22). The maximum atomic E-state index is 11.9. The van der Waals surface area contributed by atoms with Crippen molar-refractivity contribution in [2.45, 2.75) is 6.92 Å². The predicted octanol–water partition coefficient (Wildman–Crippen LogP) is 2.97. The van der Waals surface area contributed by atoms with Gasteiger partial charge in [-0.1, -0.05) is 0 Å². The molecule has 2 amide bonds. The van der Waals surface area contributed by atoms with Crippen LogP contribution in [-0.2, 0) is 9.59 Å². The van der Waals surface area contributed by atoms with Crippen LogP contribution in [0.1, 0.15) is 12.7 Å². The number of methoxy groups -OCH3 is 1. The highest BCUT2D eigenvalue weighted by Crippen LogP contribution is 2.35. The average Bonchev–Trinajstić information content (AvgIpc) is 3.21. The number of furan rings is 1. The van der Waals surface area contributed by atoms with E-state index in [0.29, 0.717) is 22.8 Å². The van der Waals surface area contributed by atoms with Crippen LogP contribution in [0.15, 0.2) is 44.6 Å². The lowest BCUT2D eigenvalue weighted by molar-refractivity contribution is -0.384. The number of nitrogens with zero attached hydrogens (tertiary/aromatic N) is 2. The fourth-order valence-electron chi connectivity index (χ4n) is 2.32. The molecule has 27 heavy (non-hydrogen) atoms. The molecule has 2 aromatic rings. The van der Waals surface area contributed by atoms with Crippen LogP contribution in [0, 0.1) is 10.1 Å². The number of amides is 2. The quantitative estimate of drug-likeness (QED) is 0.486. The minimum absolute atomic E-state index is 0.100. The van der Waals surface area contributed by atoms with E-state index in [9.17, 15) is 19.7 Å². The van der Waals surface area contributed by atoms with Crippen molar-refractivity contribution >= 4 is 40.5 Å². The van der Waals surface area contributed by atoms with Crippen molar-refractivity contribution in [1.82, 2.24) is 5.32 Å². The summed E-state index contributed by atoms with van der Waals surface area (Å²) in [5.41, 5.74) is 0.314. The second kappa shape index (κ2) is 7.46. The number of hydrogen-bond acceptors (Lipinski definition) is 7. The number of thioether (sulfide) groups is 1. The number of amidine groups is 1. The largest absolute Gasteiger partial charge is 0.496 e. The molecular formula is C17H13N3O6S. The van der Waals surface area contributed by atoms with Gasteiger partial charge in [-0.05, 0) is 30.0 Å². The molecule has 0 saturated heterocycles. The molecule has 0 bridgehead atoms. The Balaban J connectivity index is 1.88. The lowest BCUT2D eigenvalue weighted by Gasteiger charge is -2.05. The molecule has 138 valence electrons. The molecular weight excluding hydrogens is 374 g/mol. The highest BCUT2D eigenvalue weighted by atomic mass is 32.2. The van der Waals surface area contributed by atoms with Crippen molar-refractivity contribution in [2.75, 3.05) is 7.11 Å². The van der Waals surface area contributed by atoms with Crippen LogP contribution in [0.4, 0.5) is 5.69 Å². The molecule has 3 rings (SSSR count). The number of rotatable bonds is 4. The highest BCUT2D eigenvalue weighted by molar-refractivity contribution is 8.18. The van der Waals surface area contributed by atoms with Gasteiger partial charge in [-0.15, -0.1) is 0 Å². The minimum atomic E-state index is -0.510. The minimum Gasteiger partial charge on any atom is -0.496 e. The van der Waals surface area contributed by atoms with Gasteiger partial charge in [0.25, 0.3) is 11.6 Å². The Hall–Kier alpha value is -3.40. The number of carbonyl (C=O) groups is 2. The number of carbonyl (C=O) groups excluding carboxylic acids is 2. The van der Waals surface area contributed by atoms with E-state index in [0.717, 1.165) is 11.8 Å². The molecule has 0 fully saturated rings. The van der Waals surface area contributed by atoms with Gasteiger partial charge in [0.15, 0.2) is 5.17 Å². The summed E-state index contributed by atoms with van der Waals surface area (Å²) < 4.78 is 10.9.